The number of ether oxygens (including phenoxy) is 2. The molecule has 1 fully saturated rings. The molecule has 0 radical (unpaired) electrons. The second-order valence-electron chi connectivity index (χ2n) is 3.68. The first-order chi connectivity index (χ1) is 8.56. The van der Waals surface area contributed by atoms with Gasteiger partial charge in [0, 0.05) is 11.1 Å². The number of rotatable bonds is 3. The zero-order chi connectivity index (χ0) is 13.3. The van der Waals surface area contributed by atoms with Crippen molar-refractivity contribution in [2.75, 3.05) is 13.2 Å². The fraction of sp³-hybridized carbons (Fsp3) is 0.400. The van der Waals surface area contributed by atoms with Crippen LogP contribution in [0.25, 0.3) is 0 Å². The summed E-state index contributed by atoms with van der Waals surface area (Å²) < 4.78 is 50.4. The number of nitrogens with two attached hydrogens (primary N) is 1. The normalized spacial score (nSPS) is 18.3. The minimum absolute atomic E-state index is 0.225. The zero-order valence-corrected chi connectivity index (χ0v) is 9.12. The molecule has 0 saturated carbocycles. The van der Waals surface area contributed by atoms with Crippen LogP contribution in [0.3, 0.4) is 0 Å². The average molecular weight is 264 g/mol. The molecule has 4 N–H and O–H groups in total. The smallest absolute Gasteiger partial charge is 0.195 e. The quantitative estimate of drug-likeness (QED) is 0.433. The summed E-state index contributed by atoms with van der Waals surface area (Å²) in [6.45, 7) is 0.450. The van der Waals surface area contributed by atoms with Gasteiger partial charge in [0.2, 0.25) is 0 Å². The van der Waals surface area contributed by atoms with Gasteiger partial charge in [-0.25, -0.2) is 13.2 Å². The van der Waals surface area contributed by atoms with Crippen LogP contribution in [-0.2, 0) is 9.47 Å². The van der Waals surface area contributed by atoms with E-state index in [-0.39, 0.29) is 18.8 Å². The molecule has 0 spiro atoms. The highest BCUT2D eigenvalue weighted by atomic mass is 19.2. The fourth-order valence-corrected chi connectivity index (χ4v) is 1.65. The van der Waals surface area contributed by atoms with E-state index in [1.165, 1.54) is 0 Å². The van der Waals surface area contributed by atoms with Gasteiger partial charge in [0.1, 0.15) is 6.17 Å². The van der Waals surface area contributed by atoms with Crippen molar-refractivity contribution in [3.8, 4) is 0 Å². The van der Waals surface area contributed by atoms with Crippen LogP contribution < -0.4 is 11.2 Å². The maximum absolute atomic E-state index is 13.6. The number of hydrogen-bond donors (Lipinski definition) is 3. The predicted octanol–water partition coefficient (Wildman–Crippen LogP) is 1.09. The van der Waals surface area contributed by atoms with Crippen LogP contribution in [0.2, 0.25) is 0 Å². The van der Waals surface area contributed by atoms with Crippen LogP contribution in [0.1, 0.15) is 23.6 Å². The van der Waals surface area contributed by atoms with E-state index in [0.717, 1.165) is 6.07 Å². The van der Waals surface area contributed by atoms with E-state index in [0.29, 0.717) is 0 Å². The van der Waals surface area contributed by atoms with Crippen LogP contribution in [-0.4, -0.2) is 18.4 Å². The molecule has 0 amide bonds. The lowest BCUT2D eigenvalue weighted by Crippen LogP contribution is -2.27. The van der Waals surface area contributed by atoms with Gasteiger partial charge in [-0.2, -0.15) is 5.48 Å². The van der Waals surface area contributed by atoms with E-state index in [9.17, 15) is 13.2 Å². The van der Waals surface area contributed by atoms with Crippen LogP contribution in [0, 0.1) is 17.5 Å². The van der Waals surface area contributed by atoms with Crippen molar-refractivity contribution in [3.63, 3.8) is 0 Å². The summed E-state index contributed by atoms with van der Waals surface area (Å²) in [5.41, 5.74) is 6.14. The van der Waals surface area contributed by atoms with Crippen molar-refractivity contribution in [3.05, 3.63) is 34.6 Å². The van der Waals surface area contributed by atoms with Crippen LogP contribution in [0.15, 0.2) is 6.07 Å². The maximum Gasteiger partial charge on any atom is 0.195 e. The van der Waals surface area contributed by atoms with Crippen molar-refractivity contribution in [2.24, 2.45) is 5.73 Å². The van der Waals surface area contributed by atoms with E-state index in [2.05, 4.69) is 0 Å². The highest BCUT2D eigenvalue weighted by molar-refractivity contribution is 5.31. The molecule has 0 bridgehead atoms. The van der Waals surface area contributed by atoms with E-state index in [1.807, 2.05) is 0 Å². The maximum atomic E-state index is 13.6. The average Bonchev–Trinajstić information content (AvgIpc) is 2.89. The van der Waals surface area contributed by atoms with Gasteiger partial charge in [0.05, 0.1) is 13.2 Å². The van der Waals surface area contributed by atoms with Crippen molar-refractivity contribution in [1.29, 1.82) is 0 Å². The summed E-state index contributed by atoms with van der Waals surface area (Å²) in [7, 11) is 0. The second kappa shape index (κ2) is 5.21. The third kappa shape index (κ3) is 2.20. The Morgan fingerprint density at radius 1 is 1.22 bits per heavy atom. The Morgan fingerprint density at radius 2 is 1.83 bits per heavy atom. The first kappa shape index (κ1) is 13.2. The van der Waals surface area contributed by atoms with Crippen molar-refractivity contribution < 1.29 is 27.9 Å². The summed E-state index contributed by atoms with van der Waals surface area (Å²) in [5, 5.41) is 8.61. The molecule has 0 aliphatic carbocycles. The molecule has 1 aliphatic heterocycles. The molecule has 1 aromatic rings. The lowest BCUT2D eigenvalue weighted by atomic mass is 10.1. The Morgan fingerprint density at radius 3 is 2.39 bits per heavy atom. The summed E-state index contributed by atoms with van der Waals surface area (Å²) in [6, 6.07) is 0.956. The largest absolute Gasteiger partial charge is 0.346 e. The number of hydroxylamine groups is 1. The van der Waals surface area contributed by atoms with E-state index < -0.39 is 35.5 Å². The zero-order valence-electron chi connectivity index (χ0n) is 9.12. The Labute approximate surface area is 100 Å². The third-order valence-electron chi connectivity index (χ3n) is 2.55. The van der Waals surface area contributed by atoms with Crippen molar-refractivity contribution >= 4 is 0 Å². The monoisotopic (exact) mass is 264 g/mol. The summed E-state index contributed by atoms with van der Waals surface area (Å²) >= 11 is 0. The molecule has 1 aliphatic rings. The molecule has 0 aromatic heterocycles. The number of benzene rings is 1. The molecule has 100 valence electrons. The Balaban J connectivity index is 2.49. The SMILES string of the molecule is NC(NO)c1cc(C2OCCO2)c(F)c(F)c1F. The van der Waals surface area contributed by atoms with E-state index in [1.54, 1.807) is 5.48 Å². The van der Waals surface area contributed by atoms with E-state index >= 15 is 0 Å². The molecule has 1 aromatic carbocycles. The molecule has 18 heavy (non-hydrogen) atoms. The molecule has 1 heterocycles. The minimum atomic E-state index is -1.69. The van der Waals surface area contributed by atoms with Crippen LogP contribution in [0.4, 0.5) is 13.2 Å². The lowest BCUT2D eigenvalue weighted by molar-refractivity contribution is -0.0471. The topological polar surface area (TPSA) is 76.7 Å². The summed E-state index contributed by atoms with van der Waals surface area (Å²) in [5.74, 6) is -4.55. The van der Waals surface area contributed by atoms with Gasteiger partial charge in [-0.3, -0.25) is 0 Å². The molecule has 2 rings (SSSR count). The lowest BCUT2D eigenvalue weighted by Gasteiger charge is -2.16. The van der Waals surface area contributed by atoms with Gasteiger partial charge < -0.3 is 20.4 Å². The van der Waals surface area contributed by atoms with Gasteiger partial charge >= 0.3 is 0 Å². The molecular weight excluding hydrogens is 253 g/mol. The second-order valence-corrected chi connectivity index (χ2v) is 3.68. The number of nitrogens with one attached hydrogen (secondary N) is 1. The number of hydrogen-bond acceptors (Lipinski definition) is 5. The molecule has 1 saturated heterocycles. The van der Waals surface area contributed by atoms with Gasteiger partial charge in [0.25, 0.3) is 0 Å². The molecular formula is C10H11F3N2O3. The standard InChI is InChI=1S/C10H11F3N2O3/c11-6-4(9(14)15-16)3-5(7(12)8(6)13)10-17-1-2-18-10/h3,9-10,15-16H,1-2,14H2. The predicted molar refractivity (Wildman–Crippen MR) is 52.8 cm³/mol. The van der Waals surface area contributed by atoms with Gasteiger partial charge in [0.15, 0.2) is 23.7 Å². The Hall–Kier alpha value is -1.19. The number of halogens is 3. The van der Waals surface area contributed by atoms with Gasteiger partial charge in [-0.15, -0.1) is 0 Å². The Bertz CT molecular complexity index is 452. The molecule has 8 heteroatoms. The summed E-state index contributed by atoms with van der Waals surface area (Å²) in [4.78, 5) is 0. The molecule has 1 atom stereocenters. The van der Waals surface area contributed by atoms with Gasteiger partial charge in [-0.1, -0.05) is 0 Å². The molecule has 5 nitrogen and oxygen atoms in total. The van der Waals surface area contributed by atoms with Crippen molar-refractivity contribution in [2.45, 2.75) is 12.5 Å². The van der Waals surface area contributed by atoms with Crippen LogP contribution in [0.5, 0.6) is 0 Å². The first-order valence-electron chi connectivity index (χ1n) is 5.12. The van der Waals surface area contributed by atoms with E-state index in [4.69, 9.17) is 20.4 Å². The van der Waals surface area contributed by atoms with Gasteiger partial charge in [-0.05, 0) is 6.07 Å². The van der Waals surface area contributed by atoms with Crippen molar-refractivity contribution in [1.82, 2.24) is 5.48 Å². The highest BCUT2D eigenvalue weighted by Crippen LogP contribution is 2.30. The third-order valence-corrected chi connectivity index (χ3v) is 2.55. The summed E-state index contributed by atoms with van der Waals surface area (Å²) in [6.07, 6.45) is -2.50. The minimum Gasteiger partial charge on any atom is -0.346 e. The Kier molecular flexibility index (Phi) is 3.83. The molecule has 1 unspecified atom stereocenters. The highest BCUT2D eigenvalue weighted by Gasteiger charge is 2.28. The first-order valence-corrected chi connectivity index (χ1v) is 5.12. The fourth-order valence-electron chi connectivity index (χ4n) is 1.65. The van der Waals surface area contributed by atoms with Crippen LogP contribution >= 0.6 is 0 Å².